The van der Waals surface area contributed by atoms with Crippen molar-refractivity contribution in [1.82, 2.24) is 5.32 Å². The molecule has 0 saturated carbocycles. The molecular formula is C15H23NO. The summed E-state index contributed by atoms with van der Waals surface area (Å²) in [5.74, 6) is 0. The summed E-state index contributed by atoms with van der Waals surface area (Å²) < 4.78 is 5.86. The van der Waals surface area contributed by atoms with Gasteiger partial charge in [0.1, 0.15) is 0 Å². The van der Waals surface area contributed by atoms with Crippen molar-refractivity contribution in [3.63, 3.8) is 0 Å². The molecule has 3 unspecified atom stereocenters. The van der Waals surface area contributed by atoms with Crippen LogP contribution in [0, 0.1) is 0 Å². The van der Waals surface area contributed by atoms with E-state index in [0.29, 0.717) is 18.2 Å². The zero-order valence-corrected chi connectivity index (χ0v) is 10.9. The van der Waals surface area contributed by atoms with Crippen molar-refractivity contribution in [2.24, 2.45) is 0 Å². The molecule has 2 heteroatoms. The molecule has 2 nitrogen and oxygen atoms in total. The average Bonchev–Trinajstić information content (AvgIpc) is 2.77. The molecule has 2 rings (SSSR count). The third kappa shape index (κ3) is 3.55. The number of hydrogen-bond donors (Lipinski definition) is 1. The van der Waals surface area contributed by atoms with Gasteiger partial charge < -0.3 is 10.1 Å². The zero-order valence-electron chi connectivity index (χ0n) is 10.9. The maximum absolute atomic E-state index is 5.86. The molecule has 0 radical (unpaired) electrons. The summed E-state index contributed by atoms with van der Waals surface area (Å²) in [5.41, 5.74) is 1.38. The van der Waals surface area contributed by atoms with Crippen molar-refractivity contribution >= 4 is 0 Å². The van der Waals surface area contributed by atoms with Crippen molar-refractivity contribution in [2.75, 3.05) is 7.05 Å². The predicted octanol–water partition coefficient (Wildman–Crippen LogP) is 3.29. The zero-order chi connectivity index (χ0) is 12.1. The Kier molecular flexibility index (Phi) is 4.57. The van der Waals surface area contributed by atoms with Gasteiger partial charge >= 0.3 is 0 Å². The van der Waals surface area contributed by atoms with Crippen LogP contribution in [0.1, 0.15) is 44.2 Å². The first-order valence-corrected chi connectivity index (χ1v) is 6.67. The molecule has 1 aliphatic rings. The highest BCUT2D eigenvalue weighted by molar-refractivity contribution is 5.18. The fraction of sp³-hybridized carbons (Fsp3) is 0.600. The van der Waals surface area contributed by atoms with Gasteiger partial charge in [-0.1, -0.05) is 30.3 Å². The van der Waals surface area contributed by atoms with E-state index >= 15 is 0 Å². The molecule has 0 aliphatic carbocycles. The molecule has 1 aliphatic heterocycles. The second-order valence-corrected chi connectivity index (χ2v) is 4.98. The molecule has 3 atom stereocenters. The topological polar surface area (TPSA) is 21.3 Å². The van der Waals surface area contributed by atoms with Crippen LogP contribution in [0.3, 0.4) is 0 Å². The Morgan fingerprint density at radius 1 is 1.29 bits per heavy atom. The third-order valence-corrected chi connectivity index (χ3v) is 3.65. The van der Waals surface area contributed by atoms with Crippen LogP contribution >= 0.6 is 0 Å². The van der Waals surface area contributed by atoms with Gasteiger partial charge in [-0.05, 0) is 45.2 Å². The standard InChI is InChI=1S/C15H23NO/c1-12-8-9-14(17-12)10-11-15(16-2)13-6-4-3-5-7-13/h3-7,12,14-16H,8-11H2,1-2H3. The van der Waals surface area contributed by atoms with Gasteiger partial charge in [-0.3, -0.25) is 0 Å². The van der Waals surface area contributed by atoms with Crippen LogP contribution in [0.4, 0.5) is 0 Å². The molecule has 1 saturated heterocycles. The normalized spacial score (nSPS) is 26.0. The summed E-state index contributed by atoms with van der Waals surface area (Å²) in [6, 6.07) is 11.1. The predicted molar refractivity (Wildman–Crippen MR) is 71.0 cm³/mol. The van der Waals surface area contributed by atoms with E-state index in [1.807, 2.05) is 7.05 Å². The van der Waals surface area contributed by atoms with Crippen LogP contribution in [0.25, 0.3) is 0 Å². The van der Waals surface area contributed by atoms with Crippen LogP contribution in [0.15, 0.2) is 30.3 Å². The Morgan fingerprint density at radius 2 is 2.06 bits per heavy atom. The van der Waals surface area contributed by atoms with E-state index in [1.54, 1.807) is 0 Å². The second kappa shape index (κ2) is 6.18. The Morgan fingerprint density at radius 3 is 2.65 bits per heavy atom. The highest BCUT2D eigenvalue weighted by atomic mass is 16.5. The summed E-state index contributed by atoms with van der Waals surface area (Å²) in [6.45, 7) is 2.17. The maximum atomic E-state index is 5.86. The van der Waals surface area contributed by atoms with Crippen LogP contribution < -0.4 is 5.32 Å². The Balaban J connectivity index is 1.84. The molecule has 94 valence electrons. The fourth-order valence-corrected chi connectivity index (χ4v) is 2.61. The van der Waals surface area contributed by atoms with Crippen molar-refractivity contribution in [3.05, 3.63) is 35.9 Å². The van der Waals surface area contributed by atoms with E-state index in [-0.39, 0.29) is 0 Å². The van der Waals surface area contributed by atoms with Crippen molar-refractivity contribution < 1.29 is 4.74 Å². The van der Waals surface area contributed by atoms with E-state index in [2.05, 4.69) is 42.6 Å². The smallest absolute Gasteiger partial charge is 0.0580 e. The van der Waals surface area contributed by atoms with Crippen molar-refractivity contribution in [1.29, 1.82) is 0 Å². The van der Waals surface area contributed by atoms with Crippen molar-refractivity contribution in [3.8, 4) is 0 Å². The summed E-state index contributed by atoms with van der Waals surface area (Å²) in [4.78, 5) is 0. The van der Waals surface area contributed by atoms with E-state index < -0.39 is 0 Å². The lowest BCUT2D eigenvalue weighted by atomic mass is 9.99. The minimum Gasteiger partial charge on any atom is -0.375 e. The molecule has 0 amide bonds. The number of hydrogen-bond acceptors (Lipinski definition) is 2. The summed E-state index contributed by atoms with van der Waals surface area (Å²) in [5, 5.41) is 3.40. The minimum absolute atomic E-state index is 0.454. The number of nitrogens with one attached hydrogen (secondary N) is 1. The molecule has 1 heterocycles. The number of ether oxygens (including phenoxy) is 1. The second-order valence-electron chi connectivity index (χ2n) is 4.98. The molecule has 1 fully saturated rings. The van der Waals surface area contributed by atoms with Gasteiger partial charge in [0.05, 0.1) is 12.2 Å². The summed E-state index contributed by atoms with van der Waals surface area (Å²) >= 11 is 0. The Hall–Kier alpha value is -0.860. The first-order chi connectivity index (χ1) is 8.29. The molecule has 1 N–H and O–H groups in total. The molecule has 0 bridgehead atoms. The molecule has 17 heavy (non-hydrogen) atoms. The molecule has 1 aromatic carbocycles. The molecule has 0 aromatic heterocycles. The van der Waals surface area contributed by atoms with Crippen LogP contribution in [0.5, 0.6) is 0 Å². The largest absolute Gasteiger partial charge is 0.375 e. The van der Waals surface area contributed by atoms with Gasteiger partial charge in [0, 0.05) is 6.04 Å². The Bertz CT molecular complexity index is 325. The first kappa shape index (κ1) is 12.6. The highest BCUT2D eigenvalue weighted by Crippen LogP contribution is 2.26. The molecule has 0 spiro atoms. The number of rotatable bonds is 5. The molecular weight excluding hydrogens is 210 g/mol. The van der Waals surface area contributed by atoms with E-state index in [0.717, 1.165) is 12.8 Å². The van der Waals surface area contributed by atoms with E-state index in [1.165, 1.54) is 18.4 Å². The van der Waals surface area contributed by atoms with E-state index in [4.69, 9.17) is 4.74 Å². The van der Waals surface area contributed by atoms with Gasteiger partial charge in [-0.2, -0.15) is 0 Å². The average molecular weight is 233 g/mol. The monoisotopic (exact) mass is 233 g/mol. The van der Waals surface area contributed by atoms with Crippen LogP contribution in [-0.2, 0) is 4.74 Å². The van der Waals surface area contributed by atoms with E-state index in [9.17, 15) is 0 Å². The number of benzene rings is 1. The lowest BCUT2D eigenvalue weighted by Crippen LogP contribution is -2.19. The SMILES string of the molecule is CNC(CCC1CCC(C)O1)c1ccccc1. The molecule has 1 aromatic rings. The van der Waals surface area contributed by atoms with Gasteiger partial charge in [0.15, 0.2) is 0 Å². The maximum Gasteiger partial charge on any atom is 0.0580 e. The highest BCUT2D eigenvalue weighted by Gasteiger charge is 2.22. The minimum atomic E-state index is 0.454. The van der Waals surface area contributed by atoms with Gasteiger partial charge in [0.2, 0.25) is 0 Å². The van der Waals surface area contributed by atoms with Gasteiger partial charge in [-0.25, -0.2) is 0 Å². The van der Waals surface area contributed by atoms with Crippen molar-refractivity contribution in [2.45, 2.75) is 50.9 Å². The van der Waals surface area contributed by atoms with Crippen LogP contribution in [0.2, 0.25) is 0 Å². The summed E-state index contributed by atoms with van der Waals surface area (Å²) in [7, 11) is 2.04. The van der Waals surface area contributed by atoms with Gasteiger partial charge in [-0.15, -0.1) is 0 Å². The fourth-order valence-electron chi connectivity index (χ4n) is 2.61. The summed E-state index contributed by atoms with van der Waals surface area (Å²) in [6.07, 6.45) is 5.70. The third-order valence-electron chi connectivity index (χ3n) is 3.65. The first-order valence-electron chi connectivity index (χ1n) is 6.67. The van der Waals surface area contributed by atoms with Gasteiger partial charge in [0.25, 0.3) is 0 Å². The van der Waals surface area contributed by atoms with Crippen LogP contribution in [-0.4, -0.2) is 19.3 Å². The Labute approximate surface area is 104 Å². The quantitative estimate of drug-likeness (QED) is 0.842. The lowest BCUT2D eigenvalue weighted by Gasteiger charge is -2.19. The lowest BCUT2D eigenvalue weighted by molar-refractivity contribution is 0.0482.